The number of hydrogen-bond acceptors (Lipinski definition) is 10. The van der Waals surface area contributed by atoms with Crippen LogP contribution < -0.4 is 25.3 Å². The molecule has 2 fully saturated rings. The van der Waals surface area contributed by atoms with Crippen molar-refractivity contribution in [1.82, 2.24) is 9.62 Å². The smallest absolute Gasteiger partial charge is 0.387 e. The number of carbonyl (C=O) groups is 2. The molecule has 0 bridgehead atoms. The first-order chi connectivity index (χ1) is 23.4. The molecule has 2 aliphatic rings. The van der Waals surface area contributed by atoms with Crippen molar-refractivity contribution in [1.29, 1.82) is 0 Å². The highest BCUT2D eigenvalue weighted by atomic mass is 35.5. The van der Waals surface area contributed by atoms with E-state index in [0.717, 1.165) is 41.3 Å². The first-order valence-electron chi connectivity index (χ1n) is 15.1. The van der Waals surface area contributed by atoms with Gasteiger partial charge in [0.25, 0.3) is 5.91 Å². The monoisotopic (exact) mass is 760 g/mol. The number of thioether (sulfide) groups is 1. The van der Waals surface area contributed by atoms with Gasteiger partial charge < -0.3 is 30.5 Å². The average molecular weight is 762 g/mol. The van der Waals surface area contributed by atoms with Crippen LogP contribution in [-0.4, -0.2) is 68.6 Å². The Morgan fingerprint density at radius 1 is 1.12 bits per heavy atom. The van der Waals surface area contributed by atoms with Crippen LogP contribution in [0.25, 0.3) is 0 Å². The van der Waals surface area contributed by atoms with E-state index in [9.17, 15) is 32.0 Å². The predicted octanol–water partition coefficient (Wildman–Crippen LogP) is 4.30. The Morgan fingerprint density at radius 2 is 1.86 bits per heavy atom. The zero-order valence-corrected chi connectivity index (χ0v) is 28.9. The average Bonchev–Trinajstić information content (AvgIpc) is 3.75. The minimum atomic E-state index is -4.30. The summed E-state index contributed by atoms with van der Waals surface area (Å²) in [5.41, 5.74) is 6.06. The Bertz CT molecular complexity index is 1780. The zero-order valence-electron chi connectivity index (χ0n) is 25.7. The molecule has 18 heteroatoms. The summed E-state index contributed by atoms with van der Waals surface area (Å²) >= 11 is 13.7. The van der Waals surface area contributed by atoms with Gasteiger partial charge in [0, 0.05) is 42.9 Å². The van der Waals surface area contributed by atoms with Gasteiger partial charge in [-0.15, -0.1) is 11.8 Å². The number of esters is 1. The molecule has 5 rings (SSSR count). The number of aromatic nitrogens is 1. The normalized spacial score (nSPS) is 17.1. The second-order valence-corrected chi connectivity index (χ2v) is 15.1. The Kier molecular flexibility index (Phi) is 12.1. The van der Waals surface area contributed by atoms with Gasteiger partial charge >= 0.3 is 12.6 Å². The molecule has 264 valence electrons. The predicted molar refractivity (Wildman–Crippen MR) is 177 cm³/mol. The van der Waals surface area contributed by atoms with Crippen LogP contribution in [0.2, 0.25) is 10.0 Å². The first-order valence-corrected chi connectivity index (χ1v) is 18.3. The number of nitrogens with one attached hydrogen (secondary N) is 1. The van der Waals surface area contributed by atoms with Crippen molar-refractivity contribution in [2.45, 2.75) is 42.2 Å². The van der Waals surface area contributed by atoms with Gasteiger partial charge in [-0.25, -0.2) is 13.2 Å². The summed E-state index contributed by atoms with van der Waals surface area (Å²) < 4.78 is 71.8. The van der Waals surface area contributed by atoms with Crippen LogP contribution in [0.15, 0.2) is 59.8 Å². The molecule has 3 N–H and O–H groups in total. The summed E-state index contributed by atoms with van der Waals surface area (Å²) in [7, 11) is -4.30. The van der Waals surface area contributed by atoms with E-state index in [2.05, 4.69) is 10.1 Å². The lowest BCUT2D eigenvalue weighted by atomic mass is 10.0. The molecule has 0 spiro atoms. The van der Waals surface area contributed by atoms with Gasteiger partial charge in [-0.2, -0.15) is 17.8 Å². The van der Waals surface area contributed by atoms with Gasteiger partial charge in [0.1, 0.15) is 16.1 Å². The molecule has 2 heterocycles. The molecule has 2 unspecified atom stereocenters. The number of amides is 1. The van der Waals surface area contributed by atoms with Crippen molar-refractivity contribution in [3.05, 3.63) is 86.8 Å². The SMILES string of the molecule is NCCNC(=O)c1cccc(S(=O)(=O)N2CCSC2C(=O)OC(Cc2c(Cl)c[n+]([O-])cc2Cl)c2ccc(OC(F)F)c(OCC3CC3)c2)c1. The van der Waals surface area contributed by atoms with E-state index in [1.807, 2.05) is 0 Å². The number of ether oxygens (including phenoxy) is 3. The Balaban J connectivity index is 1.45. The van der Waals surface area contributed by atoms with Crippen LogP contribution in [0.3, 0.4) is 0 Å². The molecule has 2 atom stereocenters. The lowest BCUT2D eigenvalue weighted by Gasteiger charge is -2.26. The number of benzene rings is 2. The van der Waals surface area contributed by atoms with E-state index in [1.54, 1.807) is 0 Å². The molecule has 1 aliphatic carbocycles. The fourth-order valence-corrected chi connectivity index (χ4v) is 8.66. The second kappa shape index (κ2) is 16.1. The first kappa shape index (κ1) is 36.9. The number of pyridine rings is 1. The summed E-state index contributed by atoms with van der Waals surface area (Å²) in [6.45, 7) is -2.51. The molecule has 3 aromatic rings. The van der Waals surface area contributed by atoms with Crippen LogP contribution in [0, 0.1) is 11.1 Å². The van der Waals surface area contributed by atoms with E-state index in [0.29, 0.717) is 4.73 Å². The molecule has 1 aromatic heterocycles. The zero-order chi connectivity index (χ0) is 35.3. The standard InChI is InChI=1S/C31H32Cl2F2N4O8S2/c32-23-15-38(42)16-24(33)22(23)14-26(19-6-7-25(47-31(34)35)27(13-19)45-17-18-4-5-18)46-30(41)29-39(10-11-48-29)49(43,44)21-3-1-2-20(12-21)28(40)37-9-8-36/h1-3,6-7,12-13,15-16,18,26,29,31H,4-5,8-11,14,17,36H2,(H,37,40). The van der Waals surface area contributed by atoms with Crippen LogP contribution >= 0.6 is 35.0 Å². The summed E-state index contributed by atoms with van der Waals surface area (Å²) in [6, 6.07) is 9.45. The number of nitrogens with zero attached hydrogens (tertiary/aromatic N) is 2. The summed E-state index contributed by atoms with van der Waals surface area (Å²) in [6.07, 6.45) is 2.62. The molecular weight excluding hydrogens is 729 g/mol. The van der Waals surface area contributed by atoms with E-state index in [4.69, 9.17) is 38.4 Å². The van der Waals surface area contributed by atoms with Crippen molar-refractivity contribution >= 4 is 56.9 Å². The minimum absolute atomic E-state index is 0.0109. The number of sulfonamides is 1. The van der Waals surface area contributed by atoms with Crippen molar-refractivity contribution in [2.24, 2.45) is 11.7 Å². The highest BCUT2D eigenvalue weighted by Crippen LogP contribution is 2.39. The highest BCUT2D eigenvalue weighted by molar-refractivity contribution is 8.02. The quantitative estimate of drug-likeness (QED) is 0.130. The van der Waals surface area contributed by atoms with Gasteiger partial charge in [0.15, 0.2) is 29.3 Å². The van der Waals surface area contributed by atoms with Gasteiger partial charge in [-0.3, -0.25) is 4.79 Å². The second-order valence-electron chi connectivity index (χ2n) is 11.2. The lowest BCUT2D eigenvalue weighted by molar-refractivity contribution is -0.605. The van der Waals surface area contributed by atoms with Gasteiger partial charge in [-0.1, -0.05) is 35.3 Å². The molecule has 1 saturated carbocycles. The number of rotatable bonds is 15. The summed E-state index contributed by atoms with van der Waals surface area (Å²) in [5, 5.41) is 13.1. The minimum Gasteiger partial charge on any atom is -0.619 e. The van der Waals surface area contributed by atoms with E-state index < -0.39 is 40.0 Å². The van der Waals surface area contributed by atoms with Crippen LogP contribution in [0.5, 0.6) is 11.5 Å². The van der Waals surface area contributed by atoms with Crippen LogP contribution in [0.1, 0.15) is 40.4 Å². The van der Waals surface area contributed by atoms with Gasteiger partial charge in [0.2, 0.25) is 10.0 Å². The molecule has 0 radical (unpaired) electrons. The molecule has 1 saturated heterocycles. The third-order valence-corrected chi connectivity index (χ3v) is 11.4. The molecule has 1 amide bonds. The van der Waals surface area contributed by atoms with Crippen molar-refractivity contribution in [2.75, 3.05) is 32.0 Å². The molecule has 2 aromatic carbocycles. The van der Waals surface area contributed by atoms with Crippen molar-refractivity contribution in [3.63, 3.8) is 0 Å². The van der Waals surface area contributed by atoms with Crippen LogP contribution in [0.4, 0.5) is 8.78 Å². The maximum absolute atomic E-state index is 13.8. The fourth-order valence-electron chi connectivity index (χ4n) is 4.97. The fraction of sp³-hybridized carbons (Fsp3) is 0.387. The van der Waals surface area contributed by atoms with Crippen molar-refractivity contribution < 1.29 is 45.7 Å². The number of hydrogen-bond donors (Lipinski definition) is 2. The summed E-state index contributed by atoms with van der Waals surface area (Å²) in [4.78, 5) is 26.1. The summed E-state index contributed by atoms with van der Waals surface area (Å²) in [5.74, 6) is -1.14. The Labute approximate surface area is 295 Å². The molecule has 1 aliphatic heterocycles. The third-order valence-electron chi connectivity index (χ3n) is 7.62. The Morgan fingerprint density at radius 3 is 2.53 bits per heavy atom. The topological polar surface area (TPSA) is 164 Å². The number of nitrogens with two attached hydrogens (primary N) is 1. The van der Waals surface area contributed by atoms with Gasteiger partial charge in [0.05, 0.1) is 11.5 Å². The largest absolute Gasteiger partial charge is 0.619 e. The highest BCUT2D eigenvalue weighted by Gasteiger charge is 2.42. The molecular formula is C31H32Cl2F2N4O8S2. The number of alkyl halides is 2. The van der Waals surface area contributed by atoms with E-state index in [-0.39, 0.29) is 87.5 Å². The molecule has 12 nitrogen and oxygen atoms in total. The van der Waals surface area contributed by atoms with Crippen LogP contribution in [-0.2, 0) is 26.0 Å². The van der Waals surface area contributed by atoms with E-state index in [1.165, 1.54) is 42.5 Å². The third kappa shape index (κ3) is 9.23. The Hall–Kier alpha value is -3.41. The lowest BCUT2D eigenvalue weighted by Crippen LogP contribution is -2.41. The van der Waals surface area contributed by atoms with Crippen molar-refractivity contribution in [3.8, 4) is 11.5 Å². The number of carbonyl (C=O) groups excluding carboxylic acids is 2. The van der Waals surface area contributed by atoms with E-state index >= 15 is 0 Å². The molecule has 49 heavy (non-hydrogen) atoms. The maximum atomic E-state index is 13.8. The maximum Gasteiger partial charge on any atom is 0.387 e. The van der Waals surface area contributed by atoms with Gasteiger partial charge in [-0.05, 0) is 54.7 Å². The number of halogens is 4.